The largest absolute Gasteiger partial charge is 0.481 e. The van der Waals surface area contributed by atoms with E-state index < -0.39 is 11.4 Å². The van der Waals surface area contributed by atoms with Crippen molar-refractivity contribution in [3.8, 4) is 11.1 Å². The molecule has 1 atom stereocenters. The standard InChI is InChI=1S/C25H31NO5/c1-3-31-24(30)25(2,16-17-26-22(27)10-7-11-23(28)29)18-19-12-14-21(15-13-19)20-8-5-4-6-9-20/h4-6,8-9,12-15H,3,7,10-11,16-18H2,1-2H3,(H,26,27)(H,28,29)/t25-/m0/s1. The molecule has 0 aliphatic heterocycles. The van der Waals surface area contributed by atoms with Gasteiger partial charge in [0.05, 0.1) is 12.0 Å². The predicted octanol–water partition coefficient (Wildman–Crippen LogP) is 4.23. The van der Waals surface area contributed by atoms with Crippen molar-refractivity contribution in [2.45, 2.75) is 46.0 Å². The van der Waals surface area contributed by atoms with E-state index in [1.54, 1.807) is 6.92 Å². The molecule has 0 aromatic heterocycles. The van der Waals surface area contributed by atoms with E-state index in [2.05, 4.69) is 17.4 Å². The highest BCUT2D eigenvalue weighted by molar-refractivity contribution is 5.78. The van der Waals surface area contributed by atoms with Crippen molar-refractivity contribution < 1.29 is 24.2 Å². The van der Waals surface area contributed by atoms with Gasteiger partial charge >= 0.3 is 11.9 Å². The second-order valence-corrected chi connectivity index (χ2v) is 7.87. The average molecular weight is 426 g/mol. The third kappa shape index (κ3) is 7.89. The molecule has 6 nitrogen and oxygen atoms in total. The number of carbonyl (C=O) groups excluding carboxylic acids is 2. The Bertz CT molecular complexity index is 863. The molecule has 0 saturated carbocycles. The third-order valence-corrected chi connectivity index (χ3v) is 5.22. The Labute approximate surface area is 183 Å². The zero-order chi connectivity index (χ0) is 22.7. The van der Waals surface area contributed by atoms with Crippen LogP contribution in [-0.2, 0) is 25.5 Å². The lowest BCUT2D eigenvalue weighted by atomic mass is 9.80. The van der Waals surface area contributed by atoms with Gasteiger partial charge in [0.1, 0.15) is 0 Å². The molecule has 31 heavy (non-hydrogen) atoms. The molecule has 0 unspecified atom stereocenters. The summed E-state index contributed by atoms with van der Waals surface area (Å²) in [5.74, 6) is -1.41. The lowest BCUT2D eigenvalue weighted by molar-refractivity contribution is -0.155. The van der Waals surface area contributed by atoms with E-state index in [1.807, 2.05) is 49.4 Å². The summed E-state index contributed by atoms with van der Waals surface area (Å²) in [5.41, 5.74) is 2.48. The van der Waals surface area contributed by atoms with Gasteiger partial charge in [0.15, 0.2) is 0 Å². The SMILES string of the molecule is CCOC(=O)[C@@](C)(CCNC(=O)CCCC(=O)O)Cc1ccc(-c2ccccc2)cc1. The maximum atomic E-state index is 12.7. The molecule has 0 heterocycles. The van der Waals surface area contributed by atoms with Crippen LogP contribution >= 0.6 is 0 Å². The van der Waals surface area contributed by atoms with E-state index in [1.165, 1.54) is 0 Å². The number of carboxylic acids is 1. The second-order valence-electron chi connectivity index (χ2n) is 7.87. The van der Waals surface area contributed by atoms with Gasteiger partial charge in [-0.3, -0.25) is 14.4 Å². The Balaban J connectivity index is 1.99. The number of aliphatic carboxylic acids is 1. The fraction of sp³-hybridized carbons (Fsp3) is 0.400. The molecule has 0 aliphatic carbocycles. The molecular formula is C25H31NO5. The number of carboxylic acid groups (broad SMARTS) is 1. The maximum absolute atomic E-state index is 12.7. The van der Waals surface area contributed by atoms with Crippen LogP contribution in [0.1, 0.15) is 45.1 Å². The third-order valence-electron chi connectivity index (χ3n) is 5.22. The molecule has 0 saturated heterocycles. The van der Waals surface area contributed by atoms with Gasteiger partial charge in [-0.15, -0.1) is 0 Å². The molecule has 2 aromatic rings. The van der Waals surface area contributed by atoms with Crippen LogP contribution in [0.15, 0.2) is 54.6 Å². The fourth-order valence-electron chi connectivity index (χ4n) is 3.43. The van der Waals surface area contributed by atoms with Crippen LogP contribution in [0.3, 0.4) is 0 Å². The number of rotatable bonds is 12. The van der Waals surface area contributed by atoms with Crippen molar-refractivity contribution in [1.82, 2.24) is 5.32 Å². The van der Waals surface area contributed by atoms with Crippen molar-refractivity contribution in [3.05, 3.63) is 60.2 Å². The van der Waals surface area contributed by atoms with Crippen LogP contribution < -0.4 is 5.32 Å². The van der Waals surface area contributed by atoms with Crippen molar-refractivity contribution in [3.63, 3.8) is 0 Å². The number of esters is 1. The lowest BCUT2D eigenvalue weighted by Gasteiger charge is -2.27. The van der Waals surface area contributed by atoms with Crippen LogP contribution in [0.25, 0.3) is 11.1 Å². The summed E-state index contributed by atoms with van der Waals surface area (Å²) in [5, 5.41) is 11.4. The van der Waals surface area contributed by atoms with Gasteiger partial charge in [0.25, 0.3) is 0 Å². The van der Waals surface area contributed by atoms with E-state index in [9.17, 15) is 14.4 Å². The smallest absolute Gasteiger partial charge is 0.312 e. The van der Waals surface area contributed by atoms with E-state index >= 15 is 0 Å². The molecule has 0 radical (unpaired) electrons. The molecule has 0 spiro atoms. The Morgan fingerprint density at radius 1 is 0.968 bits per heavy atom. The first-order chi connectivity index (χ1) is 14.8. The quantitative estimate of drug-likeness (QED) is 0.497. The number of benzene rings is 2. The minimum atomic E-state index is -0.916. The number of ether oxygens (including phenoxy) is 1. The minimum Gasteiger partial charge on any atom is -0.481 e. The van der Waals surface area contributed by atoms with Crippen LogP contribution in [-0.4, -0.2) is 36.1 Å². The molecule has 2 aromatic carbocycles. The van der Waals surface area contributed by atoms with Gasteiger partial charge in [0, 0.05) is 19.4 Å². The van der Waals surface area contributed by atoms with Gasteiger partial charge in [0.2, 0.25) is 5.91 Å². The van der Waals surface area contributed by atoms with Gasteiger partial charge < -0.3 is 15.2 Å². The number of hydrogen-bond donors (Lipinski definition) is 2. The zero-order valence-corrected chi connectivity index (χ0v) is 18.2. The van der Waals surface area contributed by atoms with Crippen LogP contribution in [0.2, 0.25) is 0 Å². The average Bonchev–Trinajstić information content (AvgIpc) is 2.75. The highest BCUT2D eigenvalue weighted by Crippen LogP contribution is 2.29. The Morgan fingerprint density at radius 3 is 2.23 bits per heavy atom. The monoisotopic (exact) mass is 425 g/mol. The molecule has 2 N–H and O–H groups in total. The highest BCUT2D eigenvalue weighted by Gasteiger charge is 2.34. The summed E-state index contributed by atoms with van der Waals surface area (Å²) >= 11 is 0. The van der Waals surface area contributed by atoms with E-state index in [-0.39, 0.29) is 24.7 Å². The summed E-state index contributed by atoms with van der Waals surface area (Å²) in [7, 11) is 0. The van der Waals surface area contributed by atoms with Crippen LogP contribution in [0.5, 0.6) is 0 Å². The van der Waals surface area contributed by atoms with Crippen LogP contribution in [0.4, 0.5) is 0 Å². The van der Waals surface area contributed by atoms with E-state index in [0.29, 0.717) is 32.4 Å². The maximum Gasteiger partial charge on any atom is 0.312 e. The first-order valence-electron chi connectivity index (χ1n) is 10.6. The molecule has 2 rings (SSSR count). The molecular weight excluding hydrogens is 394 g/mol. The van der Waals surface area contributed by atoms with Gasteiger partial charge in [-0.05, 0) is 49.8 Å². The number of hydrogen-bond acceptors (Lipinski definition) is 4. The van der Waals surface area contributed by atoms with Crippen molar-refractivity contribution >= 4 is 17.8 Å². The second kappa shape index (κ2) is 11.9. The highest BCUT2D eigenvalue weighted by atomic mass is 16.5. The van der Waals surface area contributed by atoms with Gasteiger partial charge in [-0.1, -0.05) is 54.6 Å². The number of nitrogens with one attached hydrogen (secondary N) is 1. The Morgan fingerprint density at radius 2 is 1.61 bits per heavy atom. The summed E-state index contributed by atoms with van der Waals surface area (Å²) in [4.78, 5) is 35.2. The lowest BCUT2D eigenvalue weighted by Crippen LogP contribution is -2.37. The molecule has 6 heteroatoms. The summed E-state index contributed by atoms with van der Waals surface area (Å²) in [6.07, 6.45) is 1.34. The van der Waals surface area contributed by atoms with Crippen LogP contribution in [0, 0.1) is 5.41 Å². The van der Waals surface area contributed by atoms with E-state index in [0.717, 1.165) is 16.7 Å². The number of carbonyl (C=O) groups is 3. The summed E-state index contributed by atoms with van der Waals surface area (Å²) < 4.78 is 5.30. The molecule has 0 fully saturated rings. The van der Waals surface area contributed by atoms with Crippen molar-refractivity contribution in [1.29, 1.82) is 0 Å². The summed E-state index contributed by atoms with van der Waals surface area (Å²) in [6, 6.07) is 18.2. The van der Waals surface area contributed by atoms with Crippen molar-refractivity contribution in [2.75, 3.05) is 13.2 Å². The first kappa shape index (κ1) is 24.1. The van der Waals surface area contributed by atoms with E-state index in [4.69, 9.17) is 9.84 Å². The molecule has 0 bridgehead atoms. The molecule has 0 aliphatic rings. The minimum absolute atomic E-state index is 0.0348. The van der Waals surface area contributed by atoms with Crippen molar-refractivity contribution in [2.24, 2.45) is 5.41 Å². The first-order valence-corrected chi connectivity index (χ1v) is 10.6. The topological polar surface area (TPSA) is 92.7 Å². The van der Waals surface area contributed by atoms with Gasteiger partial charge in [-0.25, -0.2) is 0 Å². The predicted molar refractivity (Wildman–Crippen MR) is 119 cm³/mol. The normalized spacial score (nSPS) is 12.6. The Hall–Kier alpha value is -3.15. The molecule has 166 valence electrons. The van der Waals surface area contributed by atoms with Gasteiger partial charge in [-0.2, -0.15) is 0 Å². The molecule has 1 amide bonds. The zero-order valence-electron chi connectivity index (χ0n) is 18.2. The fourth-order valence-corrected chi connectivity index (χ4v) is 3.43. The Kier molecular flexibility index (Phi) is 9.25. The summed E-state index contributed by atoms with van der Waals surface area (Å²) in [6.45, 7) is 4.25. The number of amides is 1.